The molecular formula is C22H25BrN4O2Si. The number of H-pyrrole nitrogens is 1. The van der Waals surface area contributed by atoms with E-state index in [0.29, 0.717) is 21.4 Å². The number of benzene rings is 1. The summed E-state index contributed by atoms with van der Waals surface area (Å²) in [7, 11) is -2.43. The van der Waals surface area contributed by atoms with Gasteiger partial charge < -0.3 is 9.55 Å². The summed E-state index contributed by atoms with van der Waals surface area (Å²) in [6, 6.07) is 7.87. The highest BCUT2D eigenvalue weighted by atomic mass is 79.9. The van der Waals surface area contributed by atoms with Gasteiger partial charge in [-0.25, -0.2) is 4.68 Å². The second-order valence-corrected chi connectivity index (χ2v) is 15.2. The molecule has 30 heavy (non-hydrogen) atoms. The smallest absolute Gasteiger partial charge is 0.260 e. The van der Waals surface area contributed by atoms with Crippen LogP contribution in [0, 0.1) is 6.92 Å². The van der Waals surface area contributed by atoms with Crippen molar-refractivity contribution in [2.75, 3.05) is 0 Å². The van der Waals surface area contributed by atoms with E-state index in [1.807, 2.05) is 37.4 Å². The number of aromatic nitrogens is 3. The topological polar surface area (TPSA) is 71.0 Å². The van der Waals surface area contributed by atoms with Crippen LogP contribution in [0.1, 0.15) is 31.9 Å². The van der Waals surface area contributed by atoms with Gasteiger partial charge in [-0.1, -0.05) is 45.5 Å². The lowest BCUT2D eigenvalue weighted by Crippen LogP contribution is -2.57. The van der Waals surface area contributed by atoms with Crippen LogP contribution in [-0.2, 0) is 9.59 Å². The number of fused-ring (bicyclic) bond motifs is 1. The third-order valence-electron chi connectivity index (χ3n) is 6.34. The molecule has 1 N–H and O–H groups in total. The molecule has 2 amide bonds. The van der Waals surface area contributed by atoms with Crippen LogP contribution in [0.15, 0.2) is 41.1 Å². The molecule has 1 aliphatic rings. The van der Waals surface area contributed by atoms with E-state index in [-0.39, 0.29) is 16.9 Å². The minimum atomic E-state index is -2.43. The lowest BCUT2D eigenvalue weighted by atomic mass is 10.0. The molecule has 0 saturated carbocycles. The van der Waals surface area contributed by atoms with Crippen LogP contribution in [-0.4, -0.2) is 39.4 Å². The van der Waals surface area contributed by atoms with Crippen molar-refractivity contribution < 1.29 is 9.59 Å². The number of carbonyl (C=O) groups excluding carboxylic acids is 2. The normalized spacial score (nSPS) is 15.8. The van der Waals surface area contributed by atoms with Crippen LogP contribution in [0.5, 0.6) is 0 Å². The van der Waals surface area contributed by atoms with Gasteiger partial charge in [-0.2, -0.15) is 5.10 Å². The molecule has 0 spiro atoms. The Kier molecular flexibility index (Phi) is 4.70. The molecule has 0 radical (unpaired) electrons. The first-order valence-electron chi connectivity index (χ1n) is 9.86. The summed E-state index contributed by atoms with van der Waals surface area (Å²) >= 11 is 3.48. The number of nitrogens with zero attached hydrogens (tertiary/aromatic N) is 3. The number of amides is 2. The van der Waals surface area contributed by atoms with E-state index in [4.69, 9.17) is 0 Å². The molecule has 3 heterocycles. The minimum absolute atomic E-state index is 0.164. The van der Waals surface area contributed by atoms with Crippen LogP contribution in [0.4, 0.5) is 0 Å². The first-order valence-corrected chi connectivity index (χ1v) is 13.6. The number of aryl methyl sites for hydroxylation is 1. The van der Waals surface area contributed by atoms with E-state index < -0.39 is 8.24 Å². The van der Waals surface area contributed by atoms with Gasteiger partial charge in [0, 0.05) is 28.9 Å². The highest BCUT2D eigenvalue weighted by molar-refractivity contribution is 9.12. The number of carbonyl (C=O) groups is 2. The van der Waals surface area contributed by atoms with Gasteiger partial charge in [0.1, 0.15) is 5.82 Å². The van der Waals surface area contributed by atoms with Crippen molar-refractivity contribution in [1.82, 2.24) is 19.3 Å². The van der Waals surface area contributed by atoms with E-state index in [1.165, 1.54) is 4.57 Å². The third kappa shape index (κ3) is 2.92. The number of hydrogen-bond acceptors (Lipinski definition) is 3. The van der Waals surface area contributed by atoms with Crippen molar-refractivity contribution in [3.05, 3.63) is 52.3 Å². The molecule has 2 aromatic heterocycles. The molecule has 8 heteroatoms. The maximum Gasteiger partial charge on any atom is 0.260 e. The standard InChI is InChI=1S/C22H25BrN4O2Si/c1-13-8-9-15-14(12-13)16(19(25-15)26-11-7-10-24-26)17-18(23)21(29)27(20(17)28)30(5,6)22(2,3)4/h7-12,25H,1-6H3. The average Bonchev–Trinajstić information content (AvgIpc) is 3.33. The van der Waals surface area contributed by atoms with Crippen molar-refractivity contribution in [2.45, 2.75) is 45.8 Å². The van der Waals surface area contributed by atoms with Crippen molar-refractivity contribution in [3.63, 3.8) is 0 Å². The Bertz CT molecular complexity index is 1220. The molecule has 0 atom stereocenters. The zero-order chi connectivity index (χ0) is 22.0. The van der Waals surface area contributed by atoms with Crippen molar-refractivity contribution in [3.8, 4) is 5.82 Å². The van der Waals surface area contributed by atoms with Gasteiger partial charge in [0.2, 0.25) is 0 Å². The molecule has 156 valence electrons. The molecular weight excluding hydrogens is 460 g/mol. The van der Waals surface area contributed by atoms with E-state index in [1.54, 1.807) is 10.9 Å². The van der Waals surface area contributed by atoms with Crippen LogP contribution in [0.2, 0.25) is 18.1 Å². The Morgan fingerprint density at radius 3 is 2.43 bits per heavy atom. The molecule has 6 nitrogen and oxygen atoms in total. The van der Waals surface area contributed by atoms with Gasteiger partial charge in [0.05, 0.1) is 10.1 Å². The zero-order valence-corrected chi connectivity index (χ0v) is 20.6. The lowest BCUT2D eigenvalue weighted by Gasteiger charge is -2.42. The molecule has 1 aliphatic heterocycles. The molecule has 0 bridgehead atoms. The van der Waals surface area contributed by atoms with Gasteiger partial charge in [0.25, 0.3) is 11.8 Å². The van der Waals surface area contributed by atoms with Crippen molar-refractivity contribution in [2.24, 2.45) is 0 Å². The fourth-order valence-corrected chi connectivity index (χ4v) is 6.30. The van der Waals surface area contributed by atoms with E-state index in [2.05, 4.69) is 59.9 Å². The summed E-state index contributed by atoms with van der Waals surface area (Å²) < 4.78 is 3.53. The number of imide groups is 1. The maximum absolute atomic E-state index is 13.8. The van der Waals surface area contributed by atoms with Crippen LogP contribution in [0.25, 0.3) is 22.3 Å². The number of nitrogens with one attached hydrogen (secondary N) is 1. The van der Waals surface area contributed by atoms with Crippen molar-refractivity contribution >= 4 is 52.5 Å². The Hall–Kier alpha value is -2.45. The van der Waals surface area contributed by atoms with Crippen LogP contribution in [0.3, 0.4) is 0 Å². The SMILES string of the molecule is Cc1ccc2[nH]c(-n3cccn3)c(C3=C(Br)C(=O)N([Si](C)(C)C(C)(C)C)C3=O)c2c1. The van der Waals surface area contributed by atoms with Gasteiger partial charge in [-0.15, -0.1) is 0 Å². The first-order chi connectivity index (χ1) is 13.9. The Labute approximate surface area is 185 Å². The fourth-order valence-electron chi connectivity index (χ4n) is 3.68. The molecule has 0 saturated heterocycles. The first kappa shape index (κ1) is 20.8. The highest BCUT2D eigenvalue weighted by Gasteiger charge is 2.52. The zero-order valence-electron chi connectivity index (χ0n) is 18.0. The van der Waals surface area contributed by atoms with Gasteiger partial charge >= 0.3 is 0 Å². The molecule has 0 unspecified atom stereocenters. The Morgan fingerprint density at radius 1 is 1.13 bits per heavy atom. The van der Waals surface area contributed by atoms with Gasteiger partial charge in [0.15, 0.2) is 8.24 Å². The Morgan fingerprint density at radius 2 is 1.83 bits per heavy atom. The largest absolute Gasteiger partial charge is 0.339 e. The van der Waals surface area contributed by atoms with Crippen molar-refractivity contribution in [1.29, 1.82) is 0 Å². The number of aromatic amines is 1. The maximum atomic E-state index is 13.8. The predicted octanol–water partition coefficient (Wildman–Crippen LogP) is 5.14. The molecule has 4 rings (SSSR count). The lowest BCUT2D eigenvalue weighted by molar-refractivity contribution is -0.131. The van der Waals surface area contributed by atoms with Crippen LogP contribution >= 0.6 is 15.9 Å². The number of halogens is 1. The Balaban J connectivity index is 1.99. The fraction of sp³-hybridized carbons (Fsp3) is 0.318. The highest BCUT2D eigenvalue weighted by Crippen LogP contribution is 2.46. The van der Waals surface area contributed by atoms with E-state index in [0.717, 1.165) is 16.5 Å². The van der Waals surface area contributed by atoms with Gasteiger partial charge in [-0.3, -0.25) is 9.59 Å². The second kappa shape index (κ2) is 6.78. The minimum Gasteiger partial charge on any atom is -0.339 e. The summed E-state index contributed by atoms with van der Waals surface area (Å²) in [5, 5.41) is 5.09. The summed E-state index contributed by atoms with van der Waals surface area (Å²) in [4.78, 5) is 30.5. The molecule has 0 fully saturated rings. The van der Waals surface area contributed by atoms with Gasteiger partial charge in [-0.05, 0) is 46.1 Å². The summed E-state index contributed by atoms with van der Waals surface area (Å²) in [6.45, 7) is 12.4. The summed E-state index contributed by atoms with van der Waals surface area (Å²) in [6.07, 6.45) is 3.51. The second-order valence-electron chi connectivity index (χ2n) is 9.29. The van der Waals surface area contributed by atoms with E-state index >= 15 is 0 Å². The average molecular weight is 485 g/mol. The molecule has 0 aliphatic carbocycles. The summed E-state index contributed by atoms with van der Waals surface area (Å²) in [5.74, 6) is 0.176. The van der Waals surface area contributed by atoms with Crippen LogP contribution < -0.4 is 0 Å². The van der Waals surface area contributed by atoms with E-state index in [9.17, 15) is 9.59 Å². The molecule has 1 aromatic carbocycles. The predicted molar refractivity (Wildman–Crippen MR) is 125 cm³/mol. The number of rotatable bonds is 3. The quantitative estimate of drug-likeness (QED) is 0.413. The number of hydrogen-bond donors (Lipinski definition) is 1. The monoisotopic (exact) mass is 484 g/mol. The third-order valence-corrected chi connectivity index (χ3v) is 12.3. The summed E-state index contributed by atoms with van der Waals surface area (Å²) in [5.41, 5.74) is 3.06. The molecule has 3 aromatic rings.